The largest absolute Gasteiger partial charge is 0.453 e. The second-order valence-electron chi connectivity index (χ2n) is 2.81. The average molecular weight is 190 g/mol. The number of hydrogen-bond donors (Lipinski definition) is 0. The normalized spacial score (nSPS) is 20.8. The Kier molecular flexibility index (Phi) is 2.29. The SMILES string of the molecule is FC(F)(F)C(F)(F)CC1COC1. The minimum absolute atomic E-state index is 0.00562. The lowest BCUT2D eigenvalue weighted by Crippen LogP contribution is -2.42. The molecule has 12 heavy (non-hydrogen) atoms. The van der Waals surface area contributed by atoms with Gasteiger partial charge in [-0.25, -0.2) is 0 Å². The molecule has 0 aromatic rings. The van der Waals surface area contributed by atoms with Crippen LogP contribution in [0.1, 0.15) is 6.42 Å². The van der Waals surface area contributed by atoms with Crippen LogP contribution >= 0.6 is 0 Å². The molecule has 0 bridgehead atoms. The molecule has 0 aromatic carbocycles. The predicted molar refractivity (Wildman–Crippen MR) is 29.9 cm³/mol. The van der Waals surface area contributed by atoms with E-state index in [1.54, 1.807) is 0 Å². The molecular weight excluding hydrogens is 183 g/mol. The maximum Gasteiger partial charge on any atom is 0.453 e. The lowest BCUT2D eigenvalue weighted by molar-refractivity contribution is -0.293. The van der Waals surface area contributed by atoms with Gasteiger partial charge in [-0.3, -0.25) is 0 Å². The first-order valence-electron chi connectivity index (χ1n) is 3.35. The van der Waals surface area contributed by atoms with Gasteiger partial charge in [-0.2, -0.15) is 22.0 Å². The maximum atomic E-state index is 12.2. The van der Waals surface area contributed by atoms with Crippen LogP contribution in [0.4, 0.5) is 22.0 Å². The molecule has 1 rings (SSSR count). The Hall–Kier alpha value is -0.390. The van der Waals surface area contributed by atoms with E-state index in [-0.39, 0.29) is 13.2 Å². The molecule has 0 unspecified atom stereocenters. The zero-order valence-electron chi connectivity index (χ0n) is 6.00. The third kappa shape index (κ3) is 1.85. The van der Waals surface area contributed by atoms with Gasteiger partial charge in [0, 0.05) is 12.3 Å². The number of hydrogen-bond acceptors (Lipinski definition) is 1. The van der Waals surface area contributed by atoms with Crippen molar-refractivity contribution >= 4 is 0 Å². The van der Waals surface area contributed by atoms with Gasteiger partial charge in [0.1, 0.15) is 0 Å². The van der Waals surface area contributed by atoms with Crippen LogP contribution in [0.3, 0.4) is 0 Å². The summed E-state index contributed by atoms with van der Waals surface area (Å²) in [4.78, 5) is 0. The van der Waals surface area contributed by atoms with Crippen molar-refractivity contribution < 1.29 is 26.7 Å². The lowest BCUT2D eigenvalue weighted by Gasteiger charge is -2.30. The number of rotatable bonds is 2. The Morgan fingerprint density at radius 1 is 1.08 bits per heavy atom. The third-order valence-electron chi connectivity index (χ3n) is 1.67. The Morgan fingerprint density at radius 3 is 1.83 bits per heavy atom. The average Bonchev–Trinajstić information content (AvgIpc) is 1.76. The highest BCUT2D eigenvalue weighted by molar-refractivity contribution is 4.81. The van der Waals surface area contributed by atoms with Crippen molar-refractivity contribution in [1.82, 2.24) is 0 Å². The molecule has 6 heteroatoms. The van der Waals surface area contributed by atoms with E-state index in [0.717, 1.165) is 0 Å². The molecule has 1 saturated heterocycles. The van der Waals surface area contributed by atoms with E-state index >= 15 is 0 Å². The van der Waals surface area contributed by atoms with Crippen LogP contribution in [0.2, 0.25) is 0 Å². The highest BCUT2D eigenvalue weighted by Gasteiger charge is 2.58. The van der Waals surface area contributed by atoms with Gasteiger partial charge in [-0.1, -0.05) is 0 Å². The van der Waals surface area contributed by atoms with E-state index in [1.807, 2.05) is 0 Å². The molecule has 0 radical (unpaired) electrons. The summed E-state index contributed by atoms with van der Waals surface area (Å²) in [6, 6.07) is 0. The van der Waals surface area contributed by atoms with Crippen molar-refractivity contribution in [2.75, 3.05) is 13.2 Å². The van der Waals surface area contributed by atoms with E-state index < -0.39 is 24.4 Å². The molecule has 1 aliphatic heterocycles. The highest BCUT2D eigenvalue weighted by atomic mass is 19.4. The third-order valence-corrected chi connectivity index (χ3v) is 1.67. The molecule has 1 nitrogen and oxygen atoms in total. The molecule has 1 aliphatic rings. The monoisotopic (exact) mass is 190 g/mol. The quantitative estimate of drug-likeness (QED) is 0.606. The van der Waals surface area contributed by atoms with E-state index in [9.17, 15) is 22.0 Å². The fourth-order valence-electron chi connectivity index (χ4n) is 0.881. The predicted octanol–water partition coefficient (Wildman–Crippen LogP) is 2.22. The van der Waals surface area contributed by atoms with Crippen molar-refractivity contribution in [3.63, 3.8) is 0 Å². The van der Waals surface area contributed by atoms with Crippen LogP contribution in [0.25, 0.3) is 0 Å². The Labute approximate surface area is 65.5 Å². The minimum atomic E-state index is -5.43. The molecule has 0 spiro atoms. The van der Waals surface area contributed by atoms with Gasteiger partial charge < -0.3 is 4.74 Å². The van der Waals surface area contributed by atoms with Crippen LogP contribution in [-0.2, 0) is 4.74 Å². The molecule has 0 aromatic heterocycles. The Bertz CT molecular complexity index is 160. The van der Waals surface area contributed by atoms with Crippen molar-refractivity contribution in [2.24, 2.45) is 5.92 Å². The second-order valence-corrected chi connectivity index (χ2v) is 2.81. The minimum Gasteiger partial charge on any atom is -0.381 e. The summed E-state index contributed by atoms with van der Waals surface area (Å²) in [6.07, 6.45) is -6.58. The number of halogens is 5. The molecule has 0 amide bonds. The fourth-order valence-corrected chi connectivity index (χ4v) is 0.881. The summed E-state index contributed by atoms with van der Waals surface area (Å²) >= 11 is 0. The molecular formula is C6H7F5O. The van der Waals surface area contributed by atoms with Gasteiger partial charge in [0.25, 0.3) is 0 Å². The summed E-state index contributed by atoms with van der Waals surface area (Å²) in [6.45, 7) is 0.0112. The van der Waals surface area contributed by atoms with Crippen molar-refractivity contribution in [3.05, 3.63) is 0 Å². The summed E-state index contributed by atoms with van der Waals surface area (Å²) in [5.41, 5.74) is 0. The first-order chi connectivity index (χ1) is 5.33. The van der Waals surface area contributed by atoms with Gasteiger partial charge >= 0.3 is 12.1 Å². The van der Waals surface area contributed by atoms with Gasteiger partial charge in [-0.05, 0) is 0 Å². The first kappa shape index (κ1) is 9.70. The van der Waals surface area contributed by atoms with Crippen molar-refractivity contribution in [3.8, 4) is 0 Å². The van der Waals surface area contributed by atoms with Crippen LogP contribution in [0, 0.1) is 5.92 Å². The zero-order valence-corrected chi connectivity index (χ0v) is 6.00. The van der Waals surface area contributed by atoms with E-state index in [4.69, 9.17) is 0 Å². The van der Waals surface area contributed by atoms with E-state index in [1.165, 1.54) is 0 Å². The maximum absolute atomic E-state index is 12.2. The van der Waals surface area contributed by atoms with Gasteiger partial charge in [-0.15, -0.1) is 0 Å². The zero-order chi connectivity index (χ0) is 9.41. The topological polar surface area (TPSA) is 9.23 Å². The second kappa shape index (κ2) is 2.83. The first-order valence-corrected chi connectivity index (χ1v) is 3.35. The lowest BCUT2D eigenvalue weighted by atomic mass is 9.99. The summed E-state index contributed by atoms with van der Waals surface area (Å²) in [5, 5.41) is 0. The molecule has 0 N–H and O–H groups in total. The Balaban J connectivity index is 2.46. The molecule has 0 aliphatic carbocycles. The van der Waals surface area contributed by atoms with E-state index in [0.29, 0.717) is 0 Å². The van der Waals surface area contributed by atoms with Gasteiger partial charge in [0.15, 0.2) is 0 Å². The molecule has 1 heterocycles. The molecule has 0 saturated carbocycles. The number of ether oxygens (including phenoxy) is 1. The van der Waals surface area contributed by atoms with Crippen molar-refractivity contribution in [1.29, 1.82) is 0 Å². The van der Waals surface area contributed by atoms with E-state index in [2.05, 4.69) is 4.74 Å². The standard InChI is InChI=1S/C6H7F5O/c7-5(8,6(9,10)11)1-4-2-12-3-4/h4H,1-3H2. The van der Waals surface area contributed by atoms with Crippen LogP contribution in [0.15, 0.2) is 0 Å². The fraction of sp³-hybridized carbons (Fsp3) is 1.00. The Morgan fingerprint density at radius 2 is 1.58 bits per heavy atom. The van der Waals surface area contributed by atoms with Crippen LogP contribution in [-0.4, -0.2) is 25.3 Å². The molecule has 72 valence electrons. The van der Waals surface area contributed by atoms with Crippen molar-refractivity contribution in [2.45, 2.75) is 18.5 Å². The van der Waals surface area contributed by atoms with Crippen LogP contribution in [0.5, 0.6) is 0 Å². The molecule has 0 atom stereocenters. The summed E-state index contributed by atoms with van der Waals surface area (Å²) in [7, 11) is 0. The number of alkyl halides is 5. The van der Waals surface area contributed by atoms with Crippen LogP contribution < -0.4 is 0 Å². The molecule has 1 fully saturated rings. The summed E-state index contributed by atoms with van der Waals surface area (Å²) < 4.78 is 63.6. The summed E-state index contributed by atoms with van der Waals surface area (Å²) in [5.74, 6) is -5.22. The highest BCUT2D eigenvalue weighted by Crippen LogP contribution is 2.41. The van der Waals surface area contributed by atoms with Gasteiger partial charge in [0.05, 0.1) is 13.2 Å². The van der Waals surface area contributed by atoms with Gasteiger partial charge in [0.2, 0.25) is 0 Å². The smallest absolute Gasteiger partial charge is 0.381 e.